The predicted molar refractivity (Wildman–Crippen MR) is 88.6 cm³/mol. The lowest BCUT2D eigenvalue weighted by atomic mass is 9.86. The first-order valence-corrected chi connectivity index (χ1v) is 7.87. The van der Waals surface area contributed by atoms with Gasteiger partial charge in [0.2, 0.25) is 5.91 Å². The Morgan fingerprint density at radius 3 is 2.04 bits per heavy atom. The largest absolute Gasteiger partial charge is 0.468 e. The number of hydrogen-bond acceptors (Lipinski definition) is 6. The molecular formula is C17H19F3N2O6. The van der Waals surface area contributed by atoms with Crippen LogP contribution in [0.3, 0.4) is 0 Å². The molecule has 0 bridgehead atoms. The zero-order valence-corrected chi connectivity index (χ0v) is 15.2. The average molecular weight is 404 g/mol. The summed E-state index contributed by atoms with van der Waals surface area (Å²) in [6.07, 6.45) is -4.67. The van der Waals surface area contributed by atoms with E-state index >= 15 is 0 Å². The summed E-state index contributed by atoms with van der Waals surface area (Å²) in [6.45, 7) is 1.26. The molecule has 1 aromatic carbocycles. The Morgan fingerprint density at radius 2 is 1.61 bits per heavy atom. The minimum Gasteiger partial charge on any atom is -0.468 e. The van der Waals surface area contributed by atoms with Gasteiger partial charge in [-0.3, -0.25) is 19.2 Å². The molecule has 11 heteroatoms. The topological polar surface area (TPSA) is 125 Å². The molecule has 154 valence electrons. The van der Waals surface area contributed by atoms with Gasteiger partial charge < -0.3 is 20.5 Å². The highest BCUT2D eigenvalue weighted by Crippen LogP contribution is 2.29. The van der Waals surface area contributed by atoms with Gasteiger partial charge in [0.25, 0.3) is 5.91 Å². The number of rotatable bonds is 7. The molecule has 0 spiro atoms. The highest BCUT2D eigenvalue weighted by molar-refractivity contribution is 5.99. The zero-order valence-electron chi connectivity index (χ0n) is 15.2. The number of nitrogens with two attached hydrogens (primary N) is 1. The summed E-state index contributed by atoms with van der Waals surface area (Å²) in [7, 11) is 2.01. The number of nitrogens with one attached hydrogen (secondary N) is 1. The van der Waals surface area contributed by atoms with Gasteiger partial charge in [-0.15, -0.1) is 0 Å². The Bertz CT molecular complexity index is 750. The minimum atomic E-state index is -4.67. The maximum absolute atomic E-state index is 12.8. The normalized spacial score (nSPS) is 13.4. The number of halogens is 3. The van der Waals surface area contributed by atoms with Gasteiger partial charge in [-0.1, -0.05) is 13.0 Å². The van der Waals surface area contributed by atoms with Crippen LogP contribution >= 0.6 is 0 Å². The summed E-state index contributed by atoms with van der Waals surface area (Å²) in [4.78, 5) is 47.9. The van der Waals surface area contributed by atoms with Crippen molar-refractivity contribution in [3.05, 3.63) is 35.4 Å². The fourth-order valence-corrected chi connectivity index (χ4v) is 2.49. The van der Waals surface area contributed by atoms with Crippen LogP contribution in [-0.2, 0) is 30.0 Å². The molecule has 0 radical (unpaired) electrons. The first kappa shape index (κ1) is 22.9. The van der Waals surface area contributed by atoms with Crippen LogP contribution in [0.1, 0.15) is 22.8 Å². The van der Waals surface area contributed by atoms with Crippen molar-refractivity contribution in [3.63, 3.8) is 0 Å². The summed E-state index contributed by atoms with van der Waals surface area (Å²) in [6, 6.07) is 1.92. The lowest BCUT2D eigenvalue weighted by Gasteiger charge is -2.26. The number of carbonyl (C=O) groups excluding carboxylic acids is 4. The number of methoxy groups -OCH3 is 2. The van der Waals surface area contributed by atoms with Crippen molar-refractivity contribution >= 4 is 23.8 Å². The summed E-state index contributed by atoms with van der Waals surface area (Å²) in [5.41, 5.74) is 3.79. The van der Waals surface area contributed by atoms with Gasteiger partial charge >= 0.3 is 18.1 Å². The SMILES string of the molecule is COC(=O)C(C(=O)OC)[C@H](C)[C@@H](NC(=O)c1cccc(C(F)(F)F)c1)C(N)=O. The highest BCUT2D eigenvalue weighted by Gasteiger charge is 2.41. The third-order valence-electron chi connectivity index (χ3n) is 4.01. The van der Waals surface area contributed by atoms with Crippen LogP contribution in [0.15, 0.2) is 24.3 Å². The number of ether oxygens (including phenoxy) is 2. The van der Waals surface area contributed by atoms with Crippen LogP contribution in [-0.4, -0.2) is 44.0 Å². The van der Waals surface area contributed by atoms with Crippen molar-refractivity contribution < 1.29 is 41.8 Å². The van der Waals surface area contributed by atoms with Gasteiger partial charge in [0.1, 0.15) is 6.04 Å². The molecule has 0 aromatic heterocycles. The van der Waals surface area contributed by atoms with E-state index in [0.29, 0.717) is 6.07 Å². The Hall–Kier alpha value is -3.11. The number of hydrogen-bond donors (Lipinski definition) is 2. The second kappa shape index (κ2) is 9.20. The van der Waals surface area contributed by atoms with Gasteiger partial charge in [-0.25, -0.2) is 0 Å². The first-order valence-electron chi connectivity index (χ1n) is 7.87. The minimum absolute atomic E-state index is 0.388. The van der Waals surface area contributed by atoms with Crippen molar-refractivity contribution in [2.45, 2.75) is 19.1 Å². The second-order valence-electron chi connectivity index (χ2n) is 5.82. The van der Waals surface area contributed by atoms with Gasteiger partial charge in [-0.05, 0) is 18.2 Å². The van der Waals surface area contributed by atoms with E-state index in [1.165, 1.54) is 6.92 Å². The molecular weight excluding hydrogens is 385 g/mol. The lowest BCUT2D eigenvalue weighted by Crippen LogP contribution is -2.52. The molecule has 2 amide bonds. The Kier molecular flexibility index (Phi) is 7.53. The number of primary amides is 1. The van der Waals surface area contributed by atoms with Crippen LogP contribution in [0.25, 0.3) is 0 Å². The third kappa shape index (κ3) is 5.44. The molecule has 0 heterocycles. The zero-order chi connectivity index (χ0) is 21.6. The molecule has 0 aliphatic carbocycles. The van der Waals surface area contributed by atoms with E-state index in [4.69, 9.17) is 5.73 Å². The molecule has 3 N–H and O–H groups in total. The van der Waals surface area contributed by atoms with E-state index in [-0.39, 0.29) is 5.56 Å². The Labute approximate surface area is 158 Å². The molecule has 28 heavy (non-hydrogen) atoms. The van der Waals surface area contributed by atoms with Crippen molar-refractivity contribution in [3.8, 4) is 0 Å². The molecule has 1 rings (SSSR count). The summed E-state index contributed by atoms with van der Waals surface area (Å²) in [5, 5.41) is 2.15. The highest BCUT2D eigenvalue weighted by atomic mass is 19.4. The fourth-order valence-electron chi connectivity index (χ4n) is 2.49. The standard InChI is InChI=1S/C17H19F3N2O6/c1-8(11(15(25)27-2)16(26)28-3)12(13(21)23)22-14(24)9-5-4-6-10(7-9)17(18,19)20/h4-8,11-12H,1-3H3,(H2,21,23)(H,22,24)/t8-,12+/m0/s1. The maximum Gasteiger partial charge on any atom is 0.416 e. The van der Waals surface area contributed by atoms with E-state index in [1.807, 2.05) is 0 Å². The summed E-state index contributed by atoms with van der Waals surface area (Å²) in [5.74, 6) is -7.00. The van der Waals surface area contributed by atoms with Crippen LogP contribution in [0, 0.1) is 11.8 Å². The summed E-state index contributed by atoms with van der Waals surface area (Å²) < 4.78 is 47.4. The van der Waals surface area contributed by atoms with Gasteiger partial charge in [0, 0.05) is 11.5 Å². The predicted octanol–water partition coefficient (Wildman–Crippen LogP) is 0.887. The smallest absolute Gasteiger partial charge is 0.416 e. The molecule has 0 unspecified atom stereocenters. The first-order chi connectivity index (χ1) is 12.9. The molecule has 1 aromatic rings. The van der Waals surface area contributed by atoms with Crippen molar-refractivity contribution in [1.82, 2.24) is 5.32 Å². The number of alkyl halides is 3. The van der Waals surface area contributed by atoms with Crippen LogP contribution in [0.2, 0.25) is 0 Å². The summed E-state index contributed by atoms with van der Waals surface area (Å²) >= 11 is 0. The third-order valence-corrected chi connectivity index (χ3v) is 4.01. The van der Waals surface area contributed by atoms with Crippen LogP contribution in [0.4, 0.5) is 13.2 Å². The molecule has 0 aliphatic rings. The van der Waals surface area contributed by atoms with Gasteiger partial charge in [-0.2, -0.15) is 13.2 Å². The lowest BCUT2D eigenvalue weighted by molar-refractivity contribution is -0.162. The van der Waals surface area contributed by atoms with Crippen LogP contribution in [0.5, 0.6) is 0 Å². The quantitative estimate of drug-likeness (QED) is 0.514. The second-order valence-corrected chi connectivity index (χ2v) is 5.82. The van der Waals surface area contributed by atoms with Crippen molar-refractivity contribution in [1.29, 1.82) is 0 Å². The van der Waals surface area contributed by atoms with E-state index in [9.17, 15) is 32.3 Å². The number of esters is 2. The van der Waals surface area contributed by atoms with E-state index in [0.717, 1.165) is 32.4 Å². The number of benzene rings is 1. The van der Waals surface area contributed by atoms with Crippen LogP contribution < -0.4 is 11.1 Å². The molecule has 0 saturated heterocycles. The molecule has 0 aliphatic heterocycles. The number of amides is 2. The van der Waals surface area contributed by atoms with E-state index < -0.39 is 53.4 Å². The van der Waals surface area contributed by atoms with E-state index in [2.05, 4.69) is 14.8 Å². The molecule has 8 nitrogen and oxygen atoms in total. The number of carbonyl (C=O) groups is 4. The Morgan fingerprint density at radius 1 is 1.07 bits per heavy atom. The Balaban J connectivity index is 3.16. The average Bonchev–Trinajstić information content (AvgIpc) is 2.64. The molecule has 0 saturated carbocycles. The molecule has 0 fully saturated rings. The maximum atomic E-state index is 12.8. The van der Waals surface area contributed by atoms with Gasteiger partial charge in [0.15, 0.2) is 5.92 Å². The van der Waals surface area contributed by atoms with Gasteiger partial charge in [0.05, 0.1) is 19.8 Å². The monoisotopic (exact) mass is 404 g/mol. The van der Waals surface area contributed by atoms with Crippen molar-refractivity contribution in [2.75, 3.05) is 14.2 Å². The molecule has 2 atom stereocenters. The fraction of sp³-hybridized carbons (Fsp3) is 0.412. The van der Waals surface area contributed by atoms with E-state index in [1.54, 1.807) is 0 Å². The van der Waals surface area contributed by atoms with Crippen molar-refractivity contribution in [2.24, 2.45) is 17.6 Å².